The monoisotopic (exact) mass is 248 g/mol. The van der Waals surface area contributed by atoms with Gasteiger partial charge in [0.05, 0.1) is 16.4 Å². The highest BCUT2D eigenvalue weighted by atomic mass is 32.2. The molecule has 2 aromatic rings. The van der Waals surface area contributed by atoms with Crippen LogP contribution in [0.25, 0.3) is 0 Å². The second-order valence-corrected chi connectivity index (χ2v) is 4.82. The summed E-state index contributed by atoms with van der Waals surface area (Å²) in [6.45, 7) is 2.00. The average Bonchev–Trinajstić information content (AvgIpc) is 2.65. The minimum Gasteiger partial charge on any atom is -0.388 e. The fourth-order valence-electron chi connectivity index (χ4n) is 1.58. The van der Waals surface area contributed by atoms with Crippen LogP contribution in [0.4, 0.5) is 5.69 Å². The van der Waals surface area contributed by atoms with E-state index in [1.165, 1.54) is 5.03 Å². The Morgan fingerprint density at radius 1 is 1.41 bits per heavy atom. The first-order valence-electron chi connectivity index (χ1n) is 5.45. The molecule has 0 saturated heterocycles. The molecule has 0 amide bonds. The number of aryl methyl sites for hydroxylation is 2. The van der Waals surface area contributed by atoms with Crippen LogP contribution in [0, 0.1) is 6.92 Å². The van der Waals surface area contributed by atoms with E-state index < -0.39 is 0 Å². The summed E-state index contributed by atoms with van der Waals surface area (Å²) < 4.78 is 1.90. The standard InChI is InChI=1S/C12H16N4S/c1-9-6-12(16(3)15-9)17-8-11-7-10(13-2)4-5-14-11/h4-7H,8H2,1-3H3,(H,13,14). The van der Waals surface area contributed by atoms with E-state index in [9.17, 15) is 0 Å². The molecule has 90 valence electrons. The van der Waals surface area contributed by atoms with E-state index in [-0.39, 0.29) is 0 Å². The van der Waals surface area contributed by atoms with Gasteiger partial charge in [-0.1, -0.05) is 0 Å². The molecule has 17 heavy (non-hydrogen) atoms. The third-order valence-electron chi connectivity index (χ3n) is 2.43. The third-order valence-corrected chi connectivity index (χ3v) is 3.55. The number of anilines is 1. The summed E-state index contributed by atoms with van der Waals surface area (Å²) in [5.41, 5.74) is 3.21. The van der Waals surface area contributed by atoms with Crippen LogP contribution in [-0.2, 0) is 12.8 Å². The smallest absolute Gasteiger partial charge is 0.0943 e. The van der Waals surface area contributed by atoms with Crippen molar-refractivity contribution in [3.63, 3.8) is 0 Å². The Morgan fingerprint density at radius 3 is 2.88 bits per heavy atom. The zero-order valence-corrected chi connectivity index (χ0v) is 11.1. The van der Waals surface area contributed by atoms with Crippen molar-refractivity contribution in [3.8, 4) is 0 Å². The van der Waals surface area contributed by atoms with Crippen molar-refractivity contribution in [2.45, 2.75) is 17.7 Å². The van der Waals surface area contributed by atoms with Gasteiger partial charge in [0.25, 0.3) is 0 Å². The molecule has 0 aliphatic carbocycles. The number of rotatable bonds is 4. The maximum absolute atomic E-state index is 4.35. The van der Waals surface area contributed by atoms with Gasteiger partial charge in [0.2, 0.25) is 0 Å². The Labute approximate surface area is 105 Å². The lowest BCUT2D eigenvalue weighted by molar-refractivity contribution is 0.692. The Balaban J connectivity index is 2.04. The predicted octanol–water partition coefficient (Wildman–Crippen LogP) is 2.46. The number of aromatic nitrogens is 3. The van der Waals surface area contributed by atoms with Gasteiger partial charge in [-0.05, 0) is 25.1 Å². The maximum Gasteiger partial charge on any atom is 0.0943 e. The molecule has 0 atom stereocenters. The molecule has 5 heteroatoms. The van der Waals surface area contributed by atoms with Crippen molar-refractivity contribution in [2.24, 2.45) is 7.05 Å². The molecule has 4 nitrogen and oxygen atoms in total. The van der Waals surface area contributed by atoms with Crippen LogP contribution in [0.5, 0.6) is 0 Å². The molecule has 0 spiro atoms. The maximum atomic E-state index is 4.35. The van der Waals surface area contributed by atoms with E-state index in [1.54, 1.807) is 11.8 Å². The molecule has 0 aliphatic heterocycles. The molecule has 0 aromatic carbocycles. The van der Waals surface area contributed by atoms with Crippen molar-refractivity contribution >= 4 is 17.4 Å². The minimum atomic E-state index is 0.856. The fraction of sp³-hybridized carbons (Fsp3) is 0.333. The van der Waals surface area contributed by atoms with E-state index >= 15 is 0 Å². The van der Waals surface area contributed by atoms with Crippen molar-refractivity contribution in [1.29, 1.82) is 0 Å². The van der Waals surface area contributed by atoms with Gasteiger partial charge in [-0.25, -0.2) is 0 Å². The van der Waals surface area contributed by atoms with Gasteiger partial charge in [-0.3, -0.25) is 9.67 Å². The Hall–Kier alpha value is -1.49. The van der Waals surface area contributed by atoms with Crippen molar-refractivity contribution in [1.82, 2.24) is 14.8 Å². The SMILES string of the molecule is CNc1ccnc(CSc2cc(C)nn2C)c1. The molecule has 2 rings (SSSR count). The molecular formula is C12H16N4S. The zero-order chi connectivity index (χ0) is 12.3. The van der Waals surface area contributed by atoms with Crippen molar-refractivity contribution in [2.75, 3.05) is 12.4 Å². The van der Waals surface area contributed by atoms with Gasteiger partial charge in [0, 0.05) is 31.7 Å². The molecular weight excluding hydrogens is 232 g/mol. The molecule has 0 aliphatic rings. The van der Waals surface area contributed by atoms with Crippen LogP contribution in [-0.4, -0.2) is 21.8 Å². The number of hydrogen-bond acceptors (Lipinski definition) is 4. The highest BCUT2D eigenvalue weighted by Crippen LogP contribution is 2.22. The summed E-state index contributed by atoms with van der Waals surface area (Å²) >= 11 is 1.75. The highest BCUT2D eigenvalue weighted by Gasteiger charge is 2.04. The van der Waals surface area contributed by atoms with E-state index in [4.69, 9.17) is 0 Å². The first-order chi connectivity index (χ1) is 8.19. The molecule has 2 heterocycles. The van der Waals surface area contributed by atoms with Crippen molar-refractivity contribution in [3.05, 3.63) is 35.8 Å². The number of pyridine rings is 1. The summed E-state index contributed by atoms with van der Waals surface area (Å²) in [5, 5.41) is 8.60. The number of nitrogens with zero attached hydrogens (tertiary/aromatic N) is 3. The fourth-order valence-corrected chi connectivity index (χ4v) is 2.52. The first kappa shape index (κ1) is 12.0. The number of thioether (sulfide) groups is 1. The molecule has 0 radical (unpaired) electrons. The predicted molar refractivity (Wildman–Crippen MR) is 71.3 cm³/mol. The number of nitrogens with one attached hydrogen (secondary N) is 1. The molecule has 2 aromatic heterocycles. The highest BCUT2D eigenvalue weighted by molar-refractivity contribution is 7.98. The average molecular weight is 248 g/mol. The van der Waals surface area contributed by atoms with Crippen LogP contribution in [0.2, 0.25) is 0 Å². The largest absolute Gasteiger partial charge is 0.388 e. The van der Waals surface area contributed by atoms with Gasteiger partial charge in [0.1, 0.15) is 0 Å². The van der Waals surface area contributed by atoms with Crippen LogP contribution >= 0.6 is 11.8 Å². The normalized spacial score (nSPS) is 10.5. The zero-order valence-electron chi connectivity index (χ0n) is 10.3. The molecule has 0 unspecified atom stereocenters. The van der Waals surface area contributed by atoms with E-state index in [0.29, 0.717) is 0 Å². The summed E-state index contributed by atoms with van der Waals surface area (Å²) in [6, 6.07) is 6.12. The molecule has 0 saturated carbocycles. The second-order valence-electron chi connectivity index (χ2n) is 3.82. The van der Waals surface area contributed by atoms with E-state index in [1.807, 2.05) is 38.0 Å². The van der Waals surface area contributed by atoms with Crippen LogP contribution in [0.3, 0.4) is 0 Å². The Morgan fingerprint density at radius 2 is 2.24 bits per heavy atom. The lowest BCUT2D eigenvalue weighted by atomic mass is 10.3. The summed E-state index contributed by atoms with van der Waals surface area (Å²) in [4.78, 5) is 4.35. The van der Waals surface area contributed by atoms with E-state index in [0.717, 1.165) is 22.8 Å². The lowest BCUT2D eigenvalue weighted by Crippen LogP contribution is -1.95. The lowest BCUT2D eigenvalue weighted by Gasteiger charge is -2.04. The quantitative estimate of drug-likeness (QED) is 0.844. The van der Waals surface area contributed by atoms with E-state index in [2.05, 4.69) is 27.5 Å². The topological polar surface area (TPSA) is 42.7 Å². The summed E-state index contributed by atoms with van der Waals surface area (Å²) in [5.74, 6) is 0.856. The molecule has 1 N–H and O–H groups in total. The first-order valence-corrected chi connectivity index (χ1v) is 6.43. The Kier molecular flexibility index (Phi) is 3.68. The second kappa shape index (κ2) is 5.23. The summed E-state index contributed by atoms with van der Waals surface area (Å²) in [6.07, 6.45) is 1.83. The van der Waals surface area contributed by atoms with Gasteiger partial charge < -0.3 is 5.32 Å². The van der Waals surface area contributed by atoms with Gasteiger partial charge >= 0.3 is 0 Å². The van der Waals surface area contributed by atoms with Crippen LogP contribution in [0.15, 0.2) is 29.4 Å². The number of hydrogen-bond donors (Lipinski definition) is 1. The third kappa shape index (κ3) is 3.00. The minimum absolute atomic E-state index is 0.856. The van der Waals surface area contributed by atoms with Gasteiger partial charge in [-0.15, -0.1) is 11.8 Å². The van der Waals surface area contributed by atoms with Gasteiger partial charge in [0.15, 0.2) is 0 Å². The van der Waals surface area contributed by atoms with Crippen molar-refractivity contribution < 1.29 is 0 Å². The van der Waals surface area contributed by atoms with Crippen LogP contribution in [0.1, 0.15) is 11.4 Å². The molecule has 0 bridgehead atoms. The summed E-state index contributed by atoms with van der Waals surface area (Å²) in [7, 11) is 3.88. The van der Waals surface area contributed by atoms with Crippen LogP contribution < -0.4 is 5.32 Å². The van der Waals surface area contributed by atoms with Gasteiger partial charge in [-0.2, -0.15) is 5.10 Å². The molecule has 0 fully saturated rings. The Bertz CT molecular complexity index is 507.